The van der Waals surface area contributed by atoms with E-state index in [1.807, 2.05) is 6.07 Å². The monoisotopic (exact) mass is 402 g/mol. The smallest absolute Gasteiger partial charge is 0.337 e. The molecule has 1 fully saturated rings. The zero-order valence-electron chi connectivity index (χ0n) is 16.4. The lowest BCUT2D eigenvalue weighted by molar-refractivity contribution is -0.170. The zero-order valence-corrected chi connectivity index (χ0v) is 16.4. The van der Waals surface area contributed by atoms with Gasteiger partial charge in [0.1, 0.15) is 23.0 Å². The van der Waals surface area contributed by atoms with Gasteiger partial charge in [-0.1, -0.05) is 5.16 Å². The summed E-state index contributed by atoms with van der Waals surface area (Å²) in [6.07, 6.45) is 0. The van der Waals surface area contributed by atoms with Gasteiger partial charge in [0.2, 0.25) is 5.91 Å². The highest BCUT2D eigenvalue weighted by molar-refractivity contribution is 6.19. The molecule has 152 valence electrons. The van der Waals surface area contributed by atoms with Crippen LogP contribution in [0.25, 0.3) is 0 Å². The Morgan fingerprint density at radius 1 is 1.21 bits per heavy atom. The first-order valence-electron chi connectivity index (χ1n) is 8.37. The van der Waals surface area contributed by atoms with E-state index in [9.17, 15) is 19.6 Å². The highest BCUT2D eigenvalue weighted by Gasteiger charge is 2.70. The molecule has 3 rings (SSSR count). The van der Waals surface area contributed by atoms with Crippen molar-refractivity contribution in [1.29, 1.82) is 5.26 Å². The zero-order chi connectivity index (χ0) is 21.5. The molecule has 29 heavy (non-hydrogen) atoms. The van der Waals surface area contributed by atoms with Gasteiger partial charge in [-0.2, -0.15) is 5.26 Å². The van der Waals surface area contributed by atoms with Gasteiger partial charge in [-0.05, 0) is 0 Å². The molecule has 0 N–H and O–H groups in total. The molecule has 4 amide bonds. The Kier molecular flexibility index (Phi) is 4.79. The van der Waals surface area contributed by atoms with E-state index in [0.29, 0.717) is 15.5 Å². The van der Waals surface area contributed by atoms with Crippen molar-refractivity contribution in [2.45, 2.75) is 12.6 Å². The van der Waals surface area contributed by atoms with Crippen LogP contribution in [0.15, 0.2) is 17.3 Å². The molecule has 1 saturated heterocycles. The van der Waals surface area contributed by atoms with Crippen molar-refractivity contribution >= 4 is 23.6 Å². The Hall–Kier alpha value is -3.81. The molecule has 1 aromatic carbocycles. The number of nitrogens with zero attached hydrogens (tertiary/aromatic N) is 4. The fraction of sp³-hybridized carbons (Fsp3) is 0.389. The summed E-state index contributed by atoms with van der Waals surface area (Å²) in [4.78, 5) is 44.2. The van der Waals surface area contributed by atoms with E-state index in [4.69, 9.17) is 19.0 Å². The Bertz CT molecular complexity index is 958. The predicted molar refractivity (Wildman–Crippen MR) is 96.2 cm³/mol. The van der Waals surface area contributed by atoms with Gasteiger partial charge < -0.3 is 19.0 Å². The number of nitriles is 1. The third-order valence-electron chi connectivity index (χ3n) is 4.78. The van der Waals surface area contributed by atoms with E-state index in [0.717, 1.165) is 6.92 Å². The van der Waals surface area contributed by atoms with Crippen molar-refractivity contribution < 1.29 is 33.4 Å². The first kappa shape index (κ1) is 19.9. The molecule has 0 bridgehead atoms. The van der Waals surface area contributed by atoms with Crippen LogP contribution in [0.3, 0.4) is 0 Å². The van der Waals surface area contributed by atoms with Gasteiger partial charge in [-0.3, -0.25) is 14.5 Å². The number of methoxy groups -OCH3 is 3. The summed E-state index contributed by atoms with van der Waals surface area (Å²) in [6.45, 7) is 1.09. The topological polar surface area (TPSA) is 131 Å². The Labute approximate surface area is 165 Å². The van der Waals surface area contributed by atoms with Crippen molar-refractivity contribution in [2.24, 2.45) is 11.1 Å². The molecule has 2 aliphatic rings. The molecule has 11 nitrogen and oxygen atoms in total. The molecule has 0 radical (unpaired) electrons. The normalized spacial score (nSPS) is 23.0. The number of hydrogen-bond acceptors (Lipinski definition) is 9. The second-order valence-electron chi connectivity index (χ2n) is 6.23. The SMILES string of the molecule is COc1cc(OC)c(C2=NO[C@]3(C(=O)N(C)C(=O)N3C(C)=O)[C@H]2C#N)c(OC)c1. The summed E-state index contributed by atoms with van der Waals surface area (Å²) < 4.78 is 16.0. The van der Waals surface area contributed by atoms with Crippen LogP contribution < -0.4 is 14.2 Å². The van der Waals surface area contributed by atoms with Crippen LogP contribution in [-0.4, -0.2) is 67.5 Å². The molecule has 0 aliphatic carbocycles. The minimum Gasteiger partial charge on any atom is -0.496 e. The van der Waals surface area contributed by atoms with Gasteiger partial charge in [0, 0.05) is 26.1 Å². The van der Waals surface area contributed by atoms with Crippen LogP contribution in [0.2, 0.25) is 0 Å². The van der Waals surface area contributed by atoms with Crippen molar-refractivity contribution in [3.8, 4) is 23.3 Å². The Balaban J connectivity index is 2.21. The standard InChI is InChI=1S/C18H18N4O7/c1-9(23)22-17(25)21(2)16(24)18(22)11(8-19)15(20-29-18)14-12(27-4)6-10(26-3)7-13(14)28-5/h6-7,11H,1-5H3/t11-,18-/m0/s1. The molecular weight excluding hydrogens is 384 g/mol. The van der Waals surface area contributed by atoms with E-state index >= 15 is 0 Å². The molecule has 1 spiro atoms. The highest BCUT2D eigenvalue weighted by atomic mass is 16.7. The maximum Gasteiger partial charge on any atom is 0.337 e. The van der Waals surface area contributed by atoms with Gasteiger partial charge in [0.15, 0.2) is 5.92 Å². The summed E-state index contributed by atoms with van der Waals surface area (Å²) in [5.74, 6) is -2.18. The van der Waals surface area contributed by atoms with Gasteiger partial charge in [-0.25, -0.2) is 9.69 Å². The lowest BCUT2D eigenvalue weighted by atomic mass is 9.87. The first-order chi connectivity index (χ1) is 13.8. The average molecular weight is 402 g/mol. The average Bonchev–Trinajstić information content (AvgIpc) is 3.18. The number of hydrogen-bond donors (Lipinski definition) is 0. The largest absolute Gasteiger partial charge is 0.496 e. The molecule has 2 aliphatic heterocycles. The highest BCUT2D eigenvalue weighted by Crippen LogP contribution is 2.45. The second kappa shape index (κ2) is 6.97. The first-order valence-corrected chi connectivity index (χ1v) is 8.37. The van der Waals surface area contributed by atoms with Crippen LogP contribution >= 0.6 is 0 Å². The minimum absolute atomic E-state index is 0.0217. The minimum atomic E-state index is -2.24. The summed E-state index contributed by atoms with van der Waals surface area (Å²) in [6, 6.07) is 4.11. The van der Waals surface area contributed by atoms with Crippen molar-refractivity contribution in [1.82, 2.24) is 9.80 Å². The van der Waals surface area contributed by atoms with Crippen LogP contribution in [0, 0.1) is 17.2 Å². The van der Waals surface area contributed by atoms with Gasteiger partial charge in [0.05, 0.1) is 33.0 Å². The number of rotatable bonds is 4. The predicted octanol–water partition coefficient (Wildman–Crippen LogP) is 0.723. The lowest BCUT2D eigenvalue weighted by Crippen LogP contribution is -2.57. The summed E-state index contributed by atoms with van der Waals surface area (Å²) >= 11 is 0. The number of benzene rings is 1. The maximum atomic E-state index is 12.9. The number of ether oxygens (including phenoxy) is 3. The van der Waals surface area contributed by atoms with Gasteiger partial charge in [0.25, 0.3) is 0 Å². The summed E-state index contributed by atoms with van der Waals surface area (Å²) in [7, 11) is 5.44. The van der Waals surface area contributed by atoms with Crippen molar-refractivity contribution in [2.75, 3.05) is 28.4 Å². The molecule has 11 heteroatoms. The molecule has 0 aromatic heterocycles. The van der Waals surface area contributed by atoms with E-state index in [2.05, 4.69) is 5.16 Å². The molecule has 0 unspecified atom stereocenters. The maximum absolute atomic E-state index is 12.9. The lowest BCUT2D eigenvalue weighted by Gasteiger charge is -2.28. The quantitative estimate of drug-likeness (QED) is 0.674. The number of imide groups is 2. The number of urea groups is 1. The molecule has 2 atom stereocenters. The van der Waals surface area contributed by atoms with Crippen LogP contribution in [0.1, 0.15) is 12.5 Å². The number of oxime groups is 1. The molecular formula is C18H18N4O7. The Morgan fingerprint density at radius 3 is 2.24 bits per heavy atom. The fourth-order valence-electron chi connectivity index (χ4n) is 3.42. The van der Waals surface area contributed by atoms with Gasteiger partial charge >= 0.3 is 17.7 Å². The van der Waals surface area contributed by atoms with Crippen molar-refractivity contribution in [3.05, 3.63) is 17.7 Å². The fourth-order valence-corrected chi connectivity index (χ4v) is 3.42. The second-order valence-corrected chi connectivity index (χ2v) is 6.23. The van der Waals surface area contributed by atoms with Crippen LogP contribution in [0.4, 0.5) is 4.79 Å². The molecule has 2 heterocycles. The molecule has 1 aromatic rings. The molecule has 0 saturated carbocycles. The van der Waals surface area contributed by atoms with Gasteiger partial charge in [-0.15, -0.1) is 0 Å². The summed E-state index contributed by atoms with van der Waals surface area (Å²) in [5, 5.41) is 13.8. The number of carbonyl (C=O) groups is 3. The van der Waals surface area contributed by atoms with E-state index in [1.54, 1.807) is 0 Å². The van der Waals surface area contributed by atoms with E-state index in [1.165, 1.54) is 40.5 Å². The number of likely N-dealkylation sites (N-methyl/N-ethyl adjacent to an activating group) is 1. The Morgan fingerprint density at radius 2 is 1.79 bits per heavy atom. The van der Waals surface area contributed by atoms with Crippen LogP contribution in [-0.2, 0) is 14.4 Å². The van der Waals surface area contributed by atoms with Crippen molar-refractivity contribution in [3.63, 3.8) is 0 Å². The third kappa shape index (κ3) is 2.56. The number of amides is 4. The number of carbonyl (C=O) groups excluding carboxylic acids is 3. The third-order valence-corrected chi connectivity index (χ3v) is 4.78. The summed E-state index contributed by atoms with van der Waals surface area (Å²) in [5.41, 5.74) is -2.03. The van der Waals surface area contributed by atoms with Crippen LogP contribution in [0.5, 0.6) is 17.2 Å². The van der Waals surface area contributed by atoms with E-state index in [-0.39, 0.29) is 22.8 Å². The van der Waals surface area contributed by atoms with E-state index < -0.39 is 29.5 Å².